The largest absolute Gasteiger partial charge is 0.396 e. The fourth-order valence-electron chi connectivity index (χ4n) is 1.76. The number of hydrogen-bond donors (Lipinski definition) is 2. The van der Waals surface area contributed by atoms with Gasteiger partial charge in [0.25, 0.3) is 0 Å². The molecule has 2 heterocycles. The molecule has 0 saturated heterocycles. The summed E-state index contributed by atoms with van der Waals surface area (Å²) in [7, 11) is -3.63. The lowest BCUT2D eigenvalue weighted by molar-refractivity contribution is 0.277. The van der Waals surface area contributed by atoms with Crippen molar-refractivity contribution in [1.82, 2.24) is 14.5 Å². The maximum Gasteiger partial charge on any atom is 0.244 e. The van der Waals surface area contributed by atoms with Crippen LogP contribution < -0.4 is 4.72 Å². The topological polar surface area (TPSA) is 84.2 Å². The van der Waals surface area contributed by atoms with Crippen LogP contribution in [-0.2, 0) is 16.6 Å². The normalized spacial score (nSPS) is 13.5. The summed E-state index contributed by atoms with van der Waals surface area (Å²) < 4.78 is 29.2. The number of thiophene rings is 1. The average molecular weight is 350 g/mol. The Balaban J connectivity index is 2.09. The molecule has 21 heavy (non-hydrogen) atoms. The van der Waals surface area contributed by atoms with Gasteiger partial charge >= 0.3 is 0 Å². The second kappa shape index (κ2) is 6.89. The van der Waals surface area contributed by atoms with Crippen LogP contribution in [0.3, 0.4) is 0 Å². The van der Waals surface area contributed by atoms with Crippen LogP contribution >= 0.6 is 22.9 Å². The Morgan fingerprint density at radius 1 is 1.52 bits per heavy atom. The smallest absolute Gasteiger partial charge is 0.244 e. The minimum Gasteiger partial charge on any atom is -0.396 e. The lowest BCUT2D eigenvalue weighted by Gasteiger charge is -2.11. The van der Waals surface area contributed by atoms with Gasteiger partial charge in [0.1, 0.15) is 4.90 Å². The summed E-state index contributed by atoms with van der Waals surface area (Å²) in [5, 5.41) is 12.7. The molecule has 9 heteroatoms. The highest BCUT2D eigenvalue weighted by Crippen LogP contribution is 2.27. The van der Waals surface area contributed by atoms with Crippen molar-refractivity contribution in [2.45, 2.75) is 30.8 Å². The molecule has 1 atom stereocenters. The number of halogens is 1. The summed E-state index contributed by atoms with van der Waals surface area (Å²) in [5.74, 6) is 0. The van der Waals surface area contributed by atoms with Gasteiger partial charge in [0, 0.05) is 24.2 Å². The standard InChI is InChI=1S/C12H16ClN3O3S2/c1-9(11-3-4-12(13)20-11)15-21(18,19)10-7-14-16(8-10)5-2-6-17/h3-4,7-9,15,17H,2,5-6H2,1H3. The van der Waals surface area contributed by atoms with Crippen molar-refractivity contribution in [3.8, 4) is 0 Å². The lowest BCUT2D eigenvalue weighted by atomic mass is 10.3. The number of hydrogen-bond acceptors (Lipinski definition) is 5. The molecule has 6 nitrogen and oxygen atoms in total. The van der Waals surface area contributed by atoms with Gasteiger partial charge in [-0.2, -0.15) is 5.10 Å². The maximum absolute atomic E-state index is 12.3. The average Bonchev–Trinajstić information content (AvgIpc) is 3.05. The zero-order valence-corrected chi connectivity index (χ0v) is 13.7. The van der Waals surface area contributed by atoms with Crippen LogP contribution in [0.2, 0.25) is 4.34 Å². The molecule has 2 aromatic heterocycles. The Kier molecular flexibility index (Phi) is 5.39. The molecule has 2 N–H and O–H groups in total. The first-order valence-electron chi connectivity index (χ1n) is 6.33. The molecule has 0 radical (unpaired) electrons. The highest BCUT2D eigenvalue weighted by atomic mass is 35.5. The molecule has 0 aromatic carbocycles. The fourth-order valence-corrected chi connectivity index (χ4v) is 4.07. The van der Waals surface area contributed by atoms with Gasteiger partial charge in [-0.15, -0.1) is 11.3 Å². The number of sulfonamides is 1. The van der Waals surface area contributed by atoms with E-state index in [0.29, 0.717) is 17.3 Å². The molecule has 0 bridgehead atoms. The lowest BCUT2D eigenvalue weighted by Crippen LogP contribution is -2.26. The molecule has 2 rings (SSSR count). The van der Waals surface area contributed by atoms with E-state index in [0.717, 1.165) is 4.88 Å². The molecule has 0 saturated carbocycles. The zero-order valence-electron chi connectivity index (χ0n) is 11.4. The van der Waals surface area contributed by atoms with Gasteiger partial charge in [-0.3, -0.25) is 4.68 Å². The fraction of sp³-hybridized carbons (Fsp3) is 0.417. The molecular weight excluding hydrogens is 334 g/mol. The number of nitrogens with zero attached hydrogens (tertiary/aromatic N) is 2. The molecule has 2 aromatic rings. The Bertz CT molecular complexity index is 696. The van der Waals surface area contributed by atoms with Gasteiger partial charge in [0.2, 0.25) is 10.0 Å². The third-order valence-electron chi connectivity index (χ3n) is 2.82. The SMILES string of the molecule is CC(NS(=O)(=O)c1cnn(CCCO)c1)c1ccc(Cl)s1. The molecule has 0 fully saturated rings. The van der Waals surface area contributed by atoms with Crippen LogP contribution in [0.15, 0.2) is 29.4 Å². The zero-order chi connectivity index (χ0) is 15.5. The molecule has 116 valence electrons. The first-order valence-corrected chi connectivity index (χ1v) is 9.01. The molecule has 1 unspecified atom stereocenters. The van der Waals surface area contributed by atoms with E-state index in [-0.39, 0.29) is 17.5 Å². The second-order valence-corrected chi connectivity index (χ2v) is 7.96. The van der Waals surface area contributed by atoms with Crippen LogP contribution in [0.25, 0.3) is 0 Å². The molecule has 0 aliphatic heterocycles. The third-order valence-corrected chi connectivity index (χ3v) is 5.73. The van der Waals surface area contributed by atoms with Gasteiger partial charge < -0.3 is 5.11 Å². The Hall–Kier alpha value is -0.930. The summed E-state index contributed by atoms with van der Waals surface area (Å²) in [5.41, 5.74) is 0. The van der Waals surface area contributed by atoms with Gasteiger partial charge in [-0.1, -0.05) is 11.6 Å². The van der Waals surface area contributed by atoms with Crippen molar-refractivity contribution in [3.05, 3.63) is 33.7 Å². The second-order valence-electron chi connectivity index (χ2n) is 4.50. The molecule has 0 spiro atoms. The van der Waals surface area contributed by atoms with Crippen LogP contribution in [-0.4, -0.2) is 29.9 Å². The van der Waals surface area contributed by atoms with Crippen molar-refractivity contribution < 1.29 is 13.5 Å². The first-order chi connectivity index (χ1) is 9.92. The van der Waals surface area contributed by atoms with E-state index in [4.69, 9.17) is 16.7 Å². The number of nitrogens with one attached hydrogen (secondary N) is 1. The van der Waals surface area contributed by atoms with Crippen LogP contribution in [0, 0.1) is 0 Å². The van der Waals surface area contributed by atoms with Gasteiger partial charge in [-0.05, 0) is 25.5 Å². The third kappa shape index (κ3) is 4.27. The van der Waals surface area contributed by atoms with Crippen LogP contribution in [0.4, 0.5) is 0 Å². The van der Waals surface area contributed by atoms with Crippen molar-refractivity contribution in [1.29, 1.82) is 0 Å². The summed E-state index contributed by atoms with van der Waals surface area (Å²) in [6.07, 6.45) is 3.28. The van der Waals surface area contributed by atoms with Crippen molar-refractivity contribution >= 4 is 33.0 Å². The number of aromatic nitrogens is 2. The van der Waals surface area contributed by atoms with E-state index in [2.05, 4.69) is 9.82 Å². The summed E-state index contributed by atoms with van der Waals surface area (Å²) in [4.78, 5) is 0.950. The van der Waals surface area contributed by atoms with Gasteiger partial charge in [0.15, 0.2) is 0 Å². The Morgan fingerprint density at radius 3 is 2.90 bits per heavy atom. The van der Waals surface area contributed by atoms with E-state index in [1.807, 2.05) is 0 Å². The number of rotatable bonds is 7. The summed E-state index contributed by atoms with van der Waals surface area (Å²) in [6.45, 7) is 2.27. The highest BCUT2D eigenvalue weighted by molar-refractivity contribution is 7.89. The van der Waals surface area contributed by atoms with Crippen LogP contribution in [0.1, 0.15) is 24.3 Å². The van der Waals surface area contributed by atoms with E-state index < -0.39 is 10.0 Å². The molecule has 0 aliphatic carbocycles. The Morgan fingerprint density at radius 2 is 2.29 bits per heavy atom. The minimum absolute atomic E-state index is 0.0381. The highest BCUT2D eigenvalue weighted by Gasteiger charge is 2.21. The van der Waals surface area contributed by atoms with Crippen LogP contribution in [0.5, 0.6) is 0 Å². The van der Waals surface area contributed by atoms with Gasteiger partial charge in [-0.25, -0.2) is 13.1 Å². The summed E-state index contributed by atoms with van der Waals surface area (Å²) in [6, 6.07) is 3.16. The quantitative estimate of drug-likeness (QED) is 0.801. The van der Waals surface area contributed by atoms with E-state index in [9.17, 15) is 8.42 Å². The molecular formula is C12H16ClN3O3S2. The molecule has 0 amide bonds. The van der Waals surface area contributed by atoms with Crippen molar-refractivity contribution in [2.75, 3.05) is 6.61 Å². The predicted octanol–water partition coefficient (Wildman–Crippen LogP) is 2.02. The molecule has 0 aliphatic rings. The minimum atomic E-state index is -3.63. The Labute approximate surface area is 132 Å². The van der Waals surface area contributed by atoms with Crippen molar-refractivity contribution in [2.24, 2.45) is 0 Å². The maximum atomic E-state index is 12.3. The summed E-state index contributed by atoms with van der Waals surface area (Å²) >= 11 is 7.19. The van der Waals surface area contributed by atoms with E-state index >= 15 is 0 Å². The number of aliphatic hydroxyl groups is 1. The predicted molar refractivity (Wildman–Crippen MR) is 82.0 cm³/mol. The monoisotopic (exact) mass is 349 g/mol. The van der Waals surface area contributed by atoms with Crippen molar-refractivity contribution in [3.63, 3.8) is 0 Å². The first kappa shape index (κ1) is 16.4. The number of aryl methyl sites for hydroxylation is 1. The van der Waals surface area contributed by atoms with E-state index in [1.54, 1.807) is 19.1 Å². The van der Waals surface area contributed by atoms with E-state index in [1.165, 1.54) is 28.4 Å². The number of aliphatic hydroxyl groups excluding tert-OH is 1. The van der Waals surface area contributed by atoms with Gasteiger partial charge in [0.05, 0.1) is 16.6 Å².